The van der Waals surface area contributed by atoms with Crippen LogP contribution in [0.15, 0.2) is 10.7 Å². The molecule has 1 aromatic rings. The lowest BCUT2D eigenvalue weighted by Crippen LogP contribution is -2.28. The number of aryl methyl sites for hydroxylation is 1. The van der Waals surface area contributed by atoms with E-state index in [0.29, 0.717) is 5.92 Å². The van der Waals surface area contributed by atoms with Gasteiger partial charge in [0.1, 0.15) is 0 Å². The van der Waals surface area contributed by atoms with Gasteiger partial charge in [0, 0.05) is 13.0 Å². The van der Waals surface area contributed by atoms with E-state index in [9.17, 15) is 0 Å². The minimum atomic E-state index is 0.656. The molecule has 1 saturated carbocycles. The minimum Gasteiger partial charge on any atom is -0.319 e. The van der Waals surface area contributed by atoms with E-state index in [0.717, 1.165) is 12.5 Å². The first-order chi connectivity index (χ1) is 7.74. The first-order valence-corrected chi connectivity index (χ1v) is 6.85. The van der Waals surface area contributed by atoms with Crippen molar-refractivity contribution in [2.75, 3.05) is 13.6 Å². The zero-order valence-electron chi connectivity index (χ0n) is 10.0. The Morgan fingerprint density at radius 2 is 2.25 bits per heavy atom. The molecular formula is C12H20BrN3. The average Bonchev–Trinajstić information content (AvgIpc) is 2.60. The fraction of sp³-hybridized carbons (Fsp3) is 0.750. The molecule has 90 valence electrons. The van der Waals surface area contributed by atoms with Crippen molar-refractivity contribution in [1.82, 2.24) is 15.1 Å². The second-order valence-corrected chi connectivity index (χ2v) is 5.56. The molecule has 1 aliphatic rings. The Bertz CT molecular complexity index is 327. The van der Waals surface area contributed by atoms with Gasteiger partial charge in [-0.05, 0) is 48.3 Å². The highest BCUT2D eigenvalue weighted by atomic mass is 79.9. The average molecular weight is 286 g/mol. The van der Waals surface area contributed by atoms with Gasteiger partial charge < -0.3 is 5.32 Å². The van der Waals surface area contributed by atoms with Crippen molar-refractivity contribution < 1.29 is 0 Å². The minimum absolute atomic E-state index is 0.656. The fourth-order valence-electron chi connectivity index (χ4n) is 2.91. The van der Waals surface area contributed by atoms with Crippen LogP contribution in [-0.4, -0.2) is 23.4 Å². The summed E-state index contributed by atoms with van der Waals surface area (Å²) in [6.07, 6.45) is 7.27. The van der Waals surface area contributed by atoms with Gasteiger partial charge in [0.15, 0.2) is 0 Å². The van der Waals surface area contributed by atoms with Crippen molar-refractivity contribution in [2.45, 2.75) is 31.6 Å². The summed E-state index contributed by atoms with van der Waals surface area (Å²) < 4.78 is 3.20. The second-order valence-electron chi connectivity index (χ2n) is 4.71. The van der Waals surface area contributed by atoms with Crippen LogP contribution in [0.3, 0.4) is 0 Å². The van der Waals surface area contributed by atoms with Gasteiger partial charge in [-0.3, -0.25) is 4.68 Å². The van der Waals surface area contributed by atoms with E-state index in [1.807, 2.05) is 25.0 Å². The molecular weight excluding hydrogens is 266 g/mol. The zero-order valence-corrected chi connectivity index (χ0v) is 11.6. The summed E-state index contributed by atoms with van der Waals surface area (Å²) in [5.74, 6) is 1.41. The summed E-state index contributed by atoms with van der Waals surface area (Å²) in [6, 6.07) is 0. The van der Waals surface area contributed by atoms with Crippen LogP contribution in [0.5, 0.6) is 0 Å². The summed E-state index contributed by atoms with van der Waals surface area (Å²) in [7, 11) is 4.09. The monoisotopic (exact) mass is 285 g/mol. The molecule has 4 heteroatoms. The maximum Gasteiger partial charge on any atom is 0.0635 e. The van der Waals surface area contributed by atoms with Crippen LogP contribution in [0.25, 0.3) is 0 Å². The van der Waals surface area contributed by atoms with Gasteiger partial charge in [0.2, 0.25) is 0 Å². The number of hydrogen-bond acceptors (Lipinski definition) is 2. The highest BCUT2D eigenvalue weighted by Gasteiger charge is 2.29. The Balaban J connectivity index is 2.22. The molecule has 2 rings (SSSR count). The van der Waals surface area contributed by atoms with Crippen LogP contribution in [-0.2, 0) is 7.05 Å². The molecule has 0 aromatic carbocycles. The topological polar surface area (TPSA) is 29.9 Å². The third-order valence-electron chi connectivity index (χ3n) is 3.66. The molecule has 1 fully saturated rings. The lowest BCUT2D eigenvalue weighted by atomic mass is 9.77. The van der Waals surface area contributed by atoms with Gasteiger partial charge in [-0.1, -0.05) is 12.8 Å². The van der Waals surface area contributed by atoms with Crippen LogP contribution >= 0.6 is 15.9 Å². The predicted molar refractivity (Wildman–Crippen MR) is 69.5 cm³/mol. The van der Waals surface area contributed by atoms with E-state index >= 15 is 0 Å². The number of aromatic nitrogens is 2. The molecule has 0 spiro atoms. The summed E-state index contributed by atoms with van der Waals surface area (Å²) in [6.45, 7) is 1.11. The van der Waals surface area contributed by atoms with Crippen LogP contribution in [0, 0.1) is 5.92 Å². The molecule has 0 bridgehead atoms. The van der Waals surface area contributed by atoms with E-state index in [-0.39, 0.29) is 0 Å². The predicted octanol–water partition coefficient (Wildman–Crippen LogP) is 2.68. The van der Waals surface area contributed by atoms with E-state index in [4.69, 9.17) is 0 Å². The molecule has 1 aliphatic carbocycles. The number of halogens is 1. The quantitative estimate of drug-likeness (QED) is 0.926. The summed E-state index contributed by atoms with van der Waals surface area (Å²) >= 11 is 3.63. The molecule has 1 heterocycles. The van der Waals surface area contributed by atoms with Crippen LogP contribution < -0.4 is 5.32 Å². The lowest BCUT2D eigenvalue weighted by Gasteiger charge is -2.31. The fourth-order valence-corrected chi connectivity index (χ4v) is 3.55. The van der Waals surface area contributed by atoms with E-state index < -0.39 is 0 Å². The van der Waals surface area contributed by atoms with Gasteiger partial charge in [0.25, 0.3) is 0 Å². The number of nitrogens with zero attached hydrogens (tertiary/aromatic N) is 2. The van der Waals surface area contributed by atoms with Crippen molar-refractivity contribution in [3.8, 4) is 0 Å². The van der Waals surface area contributed by atoms with Gasteiger partial charge in [-0.15, -0.1) is 0 Å². The van der Waals surface area contributed by atoms with Gasteiger partial charge in [-0.25, -0.2) is 0 Å². The molecule has 0 radical (unpaired) electrons. The van der Waals surface area contributed by atoms with E-state index in [2.05, 4.69) is 26.3 Å². The first-order valence-electron chi connectivity index (χ1n) is 6.06. The number of nitrogens with one attached hydrogen (secondary N) is 1. The van der Waals surface area contributed by atoms with Gasteiger partial charge >= 0.3 is 0 Å². The summed E-state index contributed by atoms with van der Waals surface area (Å²) in [4.78, 5) is 0. The highest BCUT2D eigenvalue weighted by Crippen LogP contribution is 2.39. The normalized spacial score (nSPS) is 25.9. The first kappa shape index (κ1) is 12.1. The van der Waals surface area contributed by atoms with Gasteiger partial charge in [0.05, 0.1) is 16.4 Å². The molecule has 0 aliphatic heterocycles. The molecule has 16 heavy (non-hydrogen) atoms. The Hall–Kier alpha value is -0.350. The zero-order chi connectivity index (χ0) is 11.5. The van der Waals surface area contributed by atoms with Crippen molar-refractivity contribution in [3.05, 3.63) is 16.4 Å². The Labute approximate surface area is 106 Å². The van der Waals surface area contributed by atoms with Crippen LogP contribution in [0.4, 0.5) is 0 Å². The second kappa shape index (κ2) is 5.32. The number of rotatable bonds is 3. The molecule has 0 saturated heterocycles. The van der Waals surface area contributed by atoms with Crippen molar-refractivity contribution >= 4 is 15.9 Å². The third-order valence-corrected chi connectivity index (χ3v) is 4.28. The largest absolute Gasteiger partial charge is 0.319 e. The molecule has 1 aromatic heterocycles. The Morgan fingerprint density at radius 3 is 2.88 bits per heavy atom. The Morgan fingerprint density at radius 1 is 1.50 bits per heavy atom. The van der Waals surface area contributed by atoms with E-state index in [1.165, 1.54) is 35.8 Å². The maximum absolute atomic E-state index is 4.34. The smallest absolute Gasteiger partial charge is 0.0635 e. The van der Waals surface area contributed by atoms with Crippen molar-refractivity contribution in [1.29, 1.82) is 0 Å². The summed E-state index contributed by atoms with van der Waals surface area (Å²) in [5.41, 5.74) is 1.37. The van der Waals surface area contributed by atoms with Crippen molar-refractivity contribution in [3.63, 3.8) is 0 Å². The third kappa shape index (κ3) is 2.33. The summed E-state index contributed by atoms with van der Waals surface area (Å²) in [5, 5.41) is 7.66. The SMILES string of the molecule is CNCC1CCCCC1c1c(Br)cnn1C. The molecule has 3 nitrogen and oxygen atoms in total. The van der Waals surface area contributed by atoms with Crippen LogP contribution in [0.1, 0.15) is 37.3 Å². The molecule has 2 unspecified atom stereocenters. The standard InChI is InChI=1S/C12H20BrN3/c1-14-7-9-5-3-4-6-10(9)12-11(13)8-15-16(12)2/h8-10,14H,3-7H2,1-2H3. The maximum atomic E-state index is 4.34. The molecule has 1 N–H and O–H groups in total. The highest BCUT2D eigenvalue weighted by molar-refractivity contribution is 9.10. The molecule has 0 amide bonds. The van der Waals surface area contributed by atoms with Crippen LogP contribution in [0.2, 0.25) is 0 Å². The Kier molecular flexibility index (Phi) is 4.03. The molecule has 2 atom stereocenters. The number of hydrogen-bond donors (Lipinski definition) is 1. The lowest BCUT2D eigenvalue weighted by molar-refractivity contribution is 0.290. The van der Waals surface area contributed by atoms with Crippen molar-refractivity contribution in [2.24, 2.45) is 13.0 Å². The van der Waals surface area contributed by atoms with E-state index in [1.54, 1.807) is 0 Å². The van der Waals surface area contributed by atoms with Gasteiger partial charge in [-0.2, -0.15) is 5.10 Å².